The molecule has 36 heavy (non-hydrogen) atoms. The van der Waals surface area contributed by atoms with E-state index in [1.165, 1.54) is 0 Å². The number of aryl methyl sites for hydroxylation is 1. The quantitative estimate of drug-likeness (QED) is 0.338. The van der Waals surface area contributed by atoms with Crippen LogP contribution in [0.3, 0.4) is 0 Å². The molecule has 0 saturated heterocycles. The second-order valence-electron chi connectivity index (χ2n) is 9.04. The van der Waals surface area contributed by atoms with E-state index >= 15 is 0 Å². The van der Waals surface area contributed by atoms with Crippen LogP contribution in [-0.2, 0) is 13.0 Å². The predicted molar refractivity (Wildman–Crippen MR) is 137 cm³/mol. The fourth-order valence-corrected chi connectivity index (χ4v) is 4.32. The molecule has 10 nitrogen and oxygen atoms in total. The van der Waals surface area contributed by atoms with E-state index in [0.717, 1.165) is 47.3 Å². The van der Waals surface area contributed by atoms with Gasteiger partial charge in [0.2, 0.25) is 11.8 Å². The Morgan fingerprint density at radius 3 is 2.64 bits per heavy atom. The Morgan fingerprint density at radius 1 is 1.03 bits per heavy atom. The van der Waals surface area contributed by atoms with Crippen LogP contribution in [-0.4, -0.2) is 44.3 Å². The molecule has 5 aromatic rings. The molecule has 0 saturated carbocycles. The number of hydrogen-bond acceptors (Lipinski definition) is 6. The van der Waals surface area contributed by atoms with E-state index in [2.05, 4.69) is 51.4 Å². The Bertz CT molecular complexity index is 1510. The number of imidazole rings is 2. The molecule has 0 bridgehead atoms. The Kier molecular flexibility index (Phi) is 6.57. The summed E-state index contributed by atoms with van der Waals surface area (Å²) >= 11 is 0. The summed E-state index contributed by atoms with van der Waals surface area (Å²) in [6.45, 7) is 6.69. The molecule has 4 aromatic heterocycles. The Labute approximate surface area is 208 Å². The molecule has 0 radical (unpaired) electrons. The highest BCUT2D eigenvalue weighted by atomic mass is 16.1. The fraction of sp³-hybridized carbons (Fsp3) is 0.308. The molecule has 10 heteroatoms. The van der Waals surface area contributed by atoms with Crippen molar-refractivity contribution >= 4 is 0 Å². The van der Waals surface area contributed by atoms with E-state index in [9.17, 15) is 4.79 Å². The van der Waals surface area contributed by atoms with Gasteiger partial charge in [0.05, 0.1) is 12.2 Å². The third-order valence-electron chi connectivity index (χ3n) is 6.20. The molecule has 0 aliphatic heterocycles. The highest BCUT2D eigenvalue weighted by molar-refractivity contribution is 5.70. The summed E-state index contributed by atoms with van der Waals surface area (Å²) in [5.74, 6) is 1.17. The standard InChI is InChI=1S/C26H29N9O/c1-4-5-9-23-17-35(25-28-12-13-33(25)18(2)3)26(36)34(23)16-22-15-20(10-11-27-22)19-7-6-8-21(14-19)24-29-31-32-30-24/h6-8,10-15,17-18H,4-5,9,16H2,1-3H3,(H,29,30,31,32). The first kappa shape index (κ1) is 23.4. The third-order valence-corrected chi connectivity index (χ3v) is 6.20. The Balaban J connectivity index is 1.50. The van der Waals surface area contributed by atoms with Crippen molar-refractivity contribution in [3.8, 4) is 28.5 Å². The number of nitrogens with one attached hydrogen (secondary N) is 1. The number of benzene rings is 1. The maximum atomic E-state index is 13.6. The lowest BCUT2D eigenvalue weighted by molar-refractivity contribution is 0.576. The summed E-state index contributed by atoms with van der Waals surface area (Å²) in [7, 11) is 0. The number of H-pyrrole nitrogens is 1. The largest absolute Gasteiger partial charge is 0.335 e. The van der Waals surface area contributed by atoms with Gasteiger partial charge in [-0.05, 0) is 61.2 Å². The smallest absolute Gasteiger partial charge is 0.314 e. The number of unbranched alkanes of at least 4 members (excludes halogenated alkanes) is 1. The van der Waals surface area contributed by atoms with Crippen LogP contribution in [0, 0.1) is 0 Å². The molecule has 1 N–H and O–H groups in total. The van der Waals surface area contributed by atoms with Gasteiger partial charge in [0.15, 0.2) is 0 Å². The van der Waals surface area contributed by atoms with Gasteiger partial charge in [-0.2, -0.15) is 5.21 Å². The molecule has 4 heterocycles. The zero-order valence-corrected chi connectivity index (χ0v) is 20.7. The van der Waals surface area contributed by atoms with Gasteiger partial charge in [0.25, 0.3) is 0 Å². The van der Waals surface area contributed by atoms with Crippen molar-refractivity contribution in [3.05, 3.63) is 83.1 Å². The summed E-state index contributed by atoms with van der Waals surface area (Å²) in [6, 6.07) is 12.1. The van der Waals surface area contributed by atoms with Crippen LogP contribution in [0.2, 0.25) is 0 Å². The van der Waals surface area contributed by atoms with Crippen molar-refractivity contribution in [1.29, 1.82) is 0 Å². The second kappa shape index (κ2) is 10.1. The number of hydrogen-bond donors (Lipinski definition) is 1. The first-order chi connectivity index (χ1) is 17.5. The van der Waals surface area contributed by atoms with Crippen molar-refractivity contribution in [2.75, 3.05) is 0 Å². The van der Waals surface area contributed by atoms with E-state index in [1.54, 1.807) is 17.0 Å². The van der Waals surface area contributed by atoms with Crippen LogP contribution in [0.25, 0.3) is 28.5 Å². The number of aromatic amines is 1. The minimum absolute atomic E-state index is 0.111. The molecule has 184 valence electrons. The Hall–Kier alpha value is -4.34. The van der Waals surface area contributed by atoms with Crippen molar-refractivity contribution in [2.24, 2.45) is 0 Å². The van der Waals surface area contributed by atoms with Gasteiger partial charge in [0.1, 0.15) is 0 Å². The minimum Gasteiger partial charge on any atom is -0.314 e. The van der Waals surface area contributed by atoms with Gasteiger partial charge in [0, 0.05) is 42.1 Å². The molecule has 5 rings (SSSR count). The van der Waals surface area contributed by atoms with E-state index in [4.69, 9.17) is 0 Å². The van der Waals surface area contributed by atoms with E-state index in [1.807, 2.05) is 57.9 Å². The normalized spacial score (nSPS) is 11.4. The van der Waals surface area contributed by atoms with Gasteiger partial charge < -0.3 is 4.57 Å². The maximum Gasteiger partial charge on any atom is 0.335 e. The van der Waals surface area contributed by atoms with Crippen molar-refractivity contribution < 1.29 is 0 Å². The molecule has 0 aliphatic rings. The maximum absolute atomic E-state index is 13.6. The molecule has 0 aliphatic carbocycles. The van der Waals surface area contributed by atoms with Crippen LogP contribution in [0.5, 0.6) is 0 Å². The third kappa shape index (κ3) is 4.61. The average molecular weight is 484 g/mol. The van der Waals surface area contributed by atoms with E-state index < -0.39 is 0 Å². The monoisotopic (exact) mass is 483 g/mol. The number of pyridine rings is 1. The highest BCUT2D eigenvalue weighted by Crippen LogP contribution is 2.25. The molecular weight excluding hydrogens is 454 g/mol. The lowest BCUT2D eigenvalue weighted by Gasteiger charge is -2.11. The van der Waals surface area contributed by atoms with Gasteiger partial charge in [-0.1, -0.05) is 31.5 Å². The van der Waals surface area contributed by atoms with Crippen LogP contribution in [0.15, 0.2) is 66.0 Å². The second-order valence-corrected chi connectivity index (χ2v) is 9.04. The zero-order valence-electron chi connectivity index (χ0n) is 20.7. The highest BCUT2D eigenvalue weighted by Gasteiger charge is 2.17. The number of aromatic nitrogens is 9. The minimum atomic E-state index is -0.111. The lowest BCUT2D eigenvalue weighted by Crippen LogP contribution is -2.27. The van der Waals surface area contributed by atoms with Gasteiger partial charge >= 0.3 is 5.69 Å². The fourth-order valence-electron chi connectivity index (χ4n) is 4.32. The van der Waals surface area contributed by atoms with Gasteiger partial charge in [-0.15, -0.1) is 10.2 Å². The molecule has 0 fully saturated rings. The number of rotatable bonds is 9. The van der Waals surface area contributed by atoms with E-state index in [-0.39, 0.29) is 11.7 Å². The van der Waals surface area contributed by atoms with Crippen LogP contribution in [0.1, 0.15) is 51.0 Å². The molecule has 0 amide bonds. The summed E-state index contributed by atoms with van der Waals surface area (Å²) in [6.07, 6.45) is 10.2. The van der Waals surface area contributed by atoms with Gasteiger partial charge in [-0.25, -0.2) is 14.3 Å². The van der Waals surface area contributed by atoms with Crippen molar-refractivity contribution in [3.63, 3.8) is 0 Å². The summed E-state index contributed by atoms with van der Waals surface area (Å²) in [4.78, 5) is 22.6. The van der Waals surface area contributed by atoms with E-state index in [0.29, 0.717) is 18.3 Å². The van der Waals surface area contributed by atoms with Gasteiger partial charge in [-0.3, -0.25) is 9.55 Å². The molecule has 0 atom stereocenters. The zero-order chi connectivity index (χ0) is 25.1. The Morgan fingerprint density at radius 2 is 1.86 bits per heavy atom. The van der Waals surface area contributed by atoms with Crippen molar-refractivity contribution in [2.45, 2.75) is 52.6 Å². The number of nitrogens with zero attached hydrogens (tertiary/aromatic N) is 8. The molecule has 1 aromatic carbocycles. The molecule has 0 unspecified atom stereocenters. The lowest BCUT2D eigenvalue weighted by atomic mass is 10.0. The SMILES string of the molecule is CCCCc1cn(-c2nccn2C(C)C)c(=O)n1Cc1cc(-c2cccc(-c3nn[nH]n3)c2)ccn1. The van der Waals surface area contributed by atoms with Crippen molar-refractivity contribution in [1.82, 2.24) is 44.3 Å². The molecular formula is C26H29N9O. The topological polar surface area (TPSA) is 112 Å². The first-order valence-electron chi connectivity index (χ1n) is 12.2. The summed E-state index contributed by atoms with van der Waals surface area (Å²) < 4.78 is 5.48. The molecule has 0 spiro atoms. The van der Waals surface area contributed by atoms with Crippen LogP contribution >= 0.6 is 0 Å². The van der Waals surface area contributed by atoms with Crippen LogP contribution < -0.4 is 5.69 Å². The predicted octanol–water partition coefficient (Wildman–Crippen LogP) is 4.05. The summed E-state index contributed by atoms with van der Waals surface area (Å²) in [5, 5.41) is 14.3. The first-order valence-corrected chi connectivity index (χ1v) is 12.2. The number of tetrazole rings is 1. The average Bonchev–Trinajstić information content (AvgIpc) is 3.65. The summed E-state index contributed by atoms with van der Waals surface area (Å²) in [5.41, 5.74) is 4.56. The van der Waals surface area contributed by atoms with Crippen LogP contribution in [0.4, 0.5) is 0 Å².